The maximum atomic E-state index is 4.34. The molecule has 4 nitrogen and oxygen atoms in total. The molecule has 2 heterocycles. The average molecular weight is 323 g/mol. The summed E-state index contributed by atoms with van der Waals surface area (Å²) in [5, 5.41) is 9.10. The first-order chi connectivity index (χ1) is 10.7. The molecule has 22 heavy (non-hydrogen) atoms. The summed E-state index contributed by atoms with van der Waals surface area (Å²) in [6.45, 7) is 6.70. The van der Waals surface area contributed by atoms with E-state index in [-0.39, 0.29) is 0 Å². The van der Waals surface area contributed by atoms with Crippen LogP contribution in [-0.2, 0) is 6.42 Å². The van der Waals surface area contributed by atoms with Crippen molar-refractivity contribution in [3.63, 3.8) is 0 Å². The summed E-state index contributed by atoms with van der Waals surface area (Å²) in [6, 6.07) is 4.34. The zero-order valence-electron chi connectivity index (χ0n) is 14.1. The van der Waals surface area contributed by atoms with E-state index < -0.39 is 0 Å². The Morgan fingerprint density at radius 1 is 1.50 bits per heavy atom. The van der Waals surface area contributed by atoms with Crippen LogP contribution in [0.5, 0.6) is 0 Å². The Balaban J connectivity index is 1.66. The molecule has 0 aliphatic carbocycles. The van der Waals surface area contributed by atoms with Crippen LogP contribution >= 0.6 is 11.3 Å². The molecule has 2 unspecified atom stereocenters. The minimum absolute atomic E-state index is 0.609. The lowest BCUT2D eigenvalue weighted by molar-refractivity contribution is 0.210. The standard InChI is InChI=1S/C17H30N4S/c1-14(10-16-7-5-9-22-16)11-19-17(18-2)20-12-15-6-4-8-21(3)13-15/h5,7,9,14-15H,4,6,8,10-13H2,1-3H3,(H2,18,19,20). The van der Waals surface area contributed by atoms with Crippen molar-refractivity contribution in [2.75, 3.05) is 40.3 Å². The van der Waals surface area contributed by atoms with E-state index in [4.69, 9.17) is 0 Å². The third kappa shape index (κ3) is 5.97. The first-order valence-electron chi connectivity index (χ1n) is 8.32. The first kappa shape index (κ1) is 17.3. The molecule has 1 saturated heterocycles. The minimum Gasteiger partial charge on any atom is -0.356 e. The maximum absolute atomic E-state index is 4.34. The SMILES string of the molecule is CN=C(NCC(C)Cc1cccs1)NCC1CCCN(C)C1. The van der Waals surface area contributed by atoms with Gasteiger partial charge in [-0.25, -0.2) is 0 Å². The van der Waals surface area contributed by atoms with Gasteiger partial charge in [-0.15, -0.1) is 11.3 Å². The number of aliphatic imine (C=N–C) groups is 1. The molecule has 2 rings (SSSR count). The van der Waals surface area contributed by atoms with Crippen molar-refractivity contribution in [3.8, 4) is 0 Å². The van der Waals surface area contributed by atoms with Crippen molar-refractivity contribution < 1.29 is 0 Å². The average Bonchev–Trinajstić information content (AvgIpc) is 3.00. The van der Waals surface area contributed by atoms with Gasteiger partial charge in [-0.3, -0.25) is 4.99 Å². The summed E-state index contributed by atoms with van der Waals surface area (Å²) < 4.78 is 0. The first-order valence-corrected chi connectivity index (χ1v) is 9.20. The summed E-state index contributed by atoms with van der Waals surface area (Å²) in [7, 11) is 4.07. The van der Waals surface area contributed by atoms with Gasteiger partial charge in [0.05, 0.1) is 0 Å². The summed E-state index contributed by atoms with van der Waals surface area (Å²) in [5.41, 5.74) is 0. The molecule has 1 aliphatic heterocycles. The molecule has 2 atom stereocenters. The zero-order valence-corrected chi connectivity index (χ0v) is 15.0. The number of thiophene rings is 1. The highest BCUT2D eigenvalue weighted by Crippen LogP contribution is 2.14. The van der Waals surface area contributed by atoms with E-state index >= 15 is 0 Å². The fraction of sp³-hybridized carbons (Fsp3) is 0.706. The number of rotatable bonds is 6. The van der Waals surface area contributed by atoms with Gasteiger partial charge >= 0.3 is 0 Å². The fourth-order valence-electron chi connectivity index (χ4n) is 3.02. The second-order valence-corrected chi connectivity index (χ2v) is 7.53. The fourth-order valence-corrected chi connectivity index (χ4v) is 3.89. The van der Waals surface area contributed by atoms with Gasteiger partial charge in [0.25, 0.3) is 0 Å². The highest BCUT2D eigenvalue weighted by Gasteiger charge is 2.17. The number of guanidine groups is 1. The molecule has 0 amide bonds. The van der Waals surface area contributed by atoms with Crippen LogP contribution in [0.25, 0.3) is 0 Å². The predicted octanol–water partition coefficient (Wildman–Crippen LogP) is 2.43. The molecule has 1 fully saturated rings. The van der Waals surface area contributed by atoms with Crippen LogP contribution in [0, 0.1) is 11.8 Å². The van der Waals surface area contributed by atoms with Crippen LogP contribution in [0.2, 0.25) is 0 Å². The highest BCUT2D eigenvalue weighted by atomic mass is 32.1. The van der Waals surface area contributed by atoms with Gasteiger partial charge in [0.15, 0.2) is 5.96 Å². The normalized spacial score (nSPS) is 21.6. The zero-order chi connectivity index (χ0) is 15.8. The third-order valence-electron chi connectivity index (χ3n) is 4.25. The van der Waals surface area contributed by atoms with E-state index in [1.54, 1.807) is 0 Å². The van der Waals surface area contributed by atoms with Gasteiger partial charge < -0.3 is 15.5 Å². The van der Waals surface area contributed by atoms with Gasteiger partial charge in [-0.2, -0.15) is 0 Å². The van der Waals surface area contributed by atoms with Crippen LogP contribution < -0.4 is 10.6 Å². The van der Waals surface area contributed by atoms with E-state index in [0.717, 1.165) is 31.4 Å². The van der Waals surface area contributed by atoms with Crippen LogP contribution in [0.3, 0.4) is 0 Å². The largest absolute Gasteiger partial charge is 0.356 e. The lowest BCUT2D eigenvalue weighted by Gasteiger charge is -2.30. The molecule has 0 bridgehead atoms. The summed E-state index contributed by atoms with van der Waals surface area (Å²) >= 11 is 1.84. The van der Waals surface area contributed by atoms with E-state index in [9.17, 15) is 0 Å². The Morgan fingerprint density at radius 3 is 3.05 bits per heavy atom. The Hall–Kier alpha value is -1.07. The monoisotopic (exact) mass is 322 g/mol. The third-order valence-corrected chi connectivity index (χ3v) is 5.15. The van der Waals surface area contributed by atoms with Crippen molar-refractivity contribution in [2.24, 2.45) is 16.8 Å². The second kappa shape index (κ2) is 9.16. The van der Waals surface area contributed by atoms with Gasteiger partial charge in [-0.1, -0.05) is 13.0 Å². The van der Waals surface area contributed by atoms with Crippen LogP contribution in [0.15, 0.2) is 22.5 Å². The highest BCUT2D eigenvalue weighted by molar-refractivity contribution is 7.09. The van der Waals surface area contributed by atoms with E-state index in [1.165, 1.54) is 30.8 Å². The maximum Gasteiger partial charge on any atom is 0.190 e. The topological polar surface area (TPSA) is 39.7 Å². The molecule has 1 aliphatic rings. The molecule has 0 spiro atoms. The van der Waals surface area contributed by atoms with Gasteiger partial charge in [0.1, 0.15) is 0 Å². The Labute approximate surface area is 139 Å². The van der Waals surface area contributed by atoms with Gasteiger partial charge in [0, 0.05) is 31.6 Å². The number of nitrogens with one attached hydrogen (secondary N) is 2. The quantitative estimate of drug-likeness (QED) is 0.624. The Bertz CT molecular complexity index is 444. The number of hydrogen-bond donors (Lipinski definition) is 2. The number of likely N-dealkylation sites (tertiary alicyclic amines) is 1. The van der Waals surface area contributed by atoms with E-state index in [1.807, 2.05) is 18.4 Å². The van der Waals surface area contributed by atoms with Gasteiger partial charge in [-0.05, 0) is 56.1 Å². The number of piperidine rings is 1. The number of nitrogens with zero attached hydrogens (tertiary/aromatic N) is 2. The predicted molar refractivity (Wildman–Crippen MR) is 96.8 cm³/mol. The summed E-state index contributed by atoms with van der Waals surface area (Å²) in [5.74, 6) is 2.28. The summed E-state index contributed by atoms with van der Waals surface area (Å²) in [4.78, 5) is 8.23. The number of hydrogen-bond acceptors (Lipinski definition) is 3. The molecular formula is C17H30N4S. The molecule has 5 heteroatoms. The molecule has 124 valence electrons. The molecule has 2 N–H and O–H groups in total. The van der Waals surface area contributed by atoms with Crippen LogP contribution in [-0.4, -0.2) is 51.1 Å². The van der Waals surface area contributed by atoms with Gasteiger partial charge in [0.2, 0.25) is 0 Å². The van der Waals surface area contributed by atoms with Crippen molar-refractivity contribution in [1.29, 1.82) is 0 Å². The van der Waals surface area contributed by atoms with Crippen LogP contribution in [0.4, 0.5) is 0 Å². The lowest BCUT2D eigenvalue weighted by atomic mass is 9.99. The lowest BCUT2D eigenvalue weighted by Crippen LogP contribution is -2.44. The Morgan fingerprint density at radius 2 is 2.36 bits per heavy atom. The minimum atomic E-state index is 0.609. The van der Waals surface area contributed by atoms with Crippen molar-refractivity contribution >= 4 is 17.3 Å². The smallest absolute Gasteiger partial charge is 0.190 e. The molecule has 1 aromatic heterocycles. The summed E-state index contributed by atoms with van der Waals surface area (Å²) in [6.07, 6.45) is 3.77. The van der Waals surface area contributed by atoms with E-state index in [2.05, 4.69) is 52.0 Å². The molecular weight excluding hydrogens is 292 g/mol. The van der Waals surface area contributed by atoms with E-state index in [0.29, 0.717) is 5.92 Å². The van der Waals surface area contributed by atoms with Crippen LogP contribution in [0.1, 0.15) is 24.6 Å². The Kier molecular flexibility index (Phi) is 7.19. The second-order valence-electron chi connectivity index (χ2n) is 6.49. The molecule has 0 aromatic carbocycles. The molecule has 0 radical (unpaired) electrons. The molecule has 1 aromatic rings. The van der Waals surface area contributed by atoms with Crippen molar-refractivity contribution in [2.45, 2.75) is 26.2 Å². The molecule has 0 saturated carbocycles. The van der Waals surface area contributed by atoms with Crippen molar-refractivity contribution in [1.82, 2.24) is 15.5 Å². The van der Waals surface area contributed by atoms with Crippen molar-refractivity contribution in [3.05, 3.63) is 22.4 Å².